The van der Waals surface area contributed by atoms with Gasteiger partial charge in [0.1, 0.15) is 5.72 Å². The van der Waals surface area contributed by atoms with Gasteiger partial charge in [0.15, 0.2) is 0 Å². The van der Waals surface area contributed by atoms with Gasteiger partial charge in [0.2, 0.25) is 0 Å². The van der Waals surface area contributed by atoms with E-state index in [1.807, 2.05) is 0 Å². The van der Waals surface area contributed by atoms with Crippen LogP contribution in [0, 0.1) is 0 Å². The average Bonchev–Trinajstić information content (AvgIpc) is 2.50. The normalized spacial score (nSPS) is 34.2. The summed E-state index contributed by atoms with van der Waals surface area (Å²) in [6, 6.07) is 0.614. The maximum absolute atomic E-state index is 5.87. The topological polar surface area (TPSA) is 21.3 Å². The van der Waals surface area contributed by atoms with Gasteiger partial charge in [-0.25, -0.2) is 0 Å². The van der Waals surface area contributed by atoms with Crippen LogP contribution in [0.5, 0.6) is 0 Å². The number of nitrogens with one attached hydrogen (secondary N) is 1. The summed E-state index contributed by atoms with van der Waals surface area (Å²) < 4.78 is 5.87. The lowest BCUT2D eigenvalue weighted by molar-refractivity contribution is -0.0383. The quantitative estimate of drug-likeness (QED) is 0.648. The first-order valence-electron chi connectivity index (χ1n) is 5.26. The molecule has 0 bridgehead atoms. The molecule has 2 aliphatic rings. The van der Waals surface area contributed by atoms with Crippen LogP contribution in [0.25, 0.3) is 0 Å². The van der Waals surface area contributed by atoms with Crippen molar-refractivity contribution in [2.75, 3.05) is 6.61 Å². The number of ether oxygens (including phenoxy) is 1. The van der Waals surface area contributed by atoms with Crippen molar-refractivity contribution in [3.05, 3.63) is 0 Å². The van der Waals surface area contributed by atoms with Crippen LogP contribution in [0.2, 0.25) is 0 Å². The molecule has 2 nitrogen and oxygen atoms in total. The summed E-state index contributed by atoms with van der Waals surface area (Å²) in [6.07, 6.45) is 7.71. The minimum absolute atomic E-state index is 0.0962. The fourth-order valence-corrected chi connectivity index (χ4v) is 2.35. The zero-order chi connectivity index (χ0) is 8.44. The maximum atomic E-state index is 5.87. The van der Waals surface area contributed by atoms with Crippen LogP contribution in [-0.2, 0) is 4.74 Å². The first-order chi connectivity index (χ1) is 5.85. The summed E-state index contributed by atoms with van der Waals surface area (Å²) in [6.45, 7) is 3.15. The lowest BCUT2D eigenvalue weighted by Gasteiger charge is -2.32. The second-order valence-electron chi connectivity index (χ2n) is 4.12. The van der Waals surface area contributed by atoms with Crippen molar-refractivity contribution in [2.24, 2.45) is 0 Å². The Balaban J connectivity index is 1.94. The summed E-state index contributed by atoms with van der Waals surface area (Å²) in [5, 5.41) is 3.63. The summed E-state index contributed by atoms with van der Waals surface area (Å²) in [4.78, 5) is 0. The Labute approximate surface area is 74.7 Å². The minimum Gasteiger partial charge on any atom is -0.359 e. The Hall–Kier alpha value is -0.0800. The molecular formula is C10H19NO. The van der Waals surface area contributed by atoms with Crippen LogP contribution in [0.3, 0.4) is 0 Å². The van der Waals surface area contributed by atoms with Gasteiger partial charge in [-0.05, 0) is 32.1 Å². The lowest BCUT2D eigenvalue weighted by Crippen LogP contribution is -2.45. The fourth-order valence-electron chi connectivity index (χ4n) is 2.35. The van der Waals surface area contributed by atoms with Crippen molar-refractivity contribution in [3.8, 4) is 0 Å². The monoisotopic (exact) mass is 169 g/mol. The molecule has 1 unspecified atom stereocenters. The van der Waals surface area contributed by atoms with Crippen LogP contribution in [0.1, 0.15) is 45.4 Å². The minimum atomic E-state index is 0.0962. The van der Waals surface area contributed by atoms with E-state index in [1.54, 1.807) is 0 Å². The van der Waals surface area contributed by atoms with Gasteiger partial charge in [0.25, 0.3) is 0 Å². The Kier molecular flexibility index (Phi) is 2.37. The molecule has 1 heterocycles. The third-order valence-corrected chi connectivity index (χ3v) is 3.18. The molecule has 70 valence electrons. The molecule has 12 heavy (non-hydrogen) atoms. The molecule has 0 aromatic heterocycles. The van der Waals surface area contributed by atoms with Crippen LogP contribution in [0.15, 0.2) is 0 Å². The molecule has 0 radical (unpaired) electrons. The van der Waals surface area contributed by atoms with Crippen molar-refractivity contribution < 1.29 is 4.74 Å². The van der Waals surface area contributed by atoms with Crippen molar-refractivity contribution in [3.63, 3.8) is 0 Å². The number of hydrogen-bond acceptors (Lipinski definition) is 2. The lowest BCUT2D eigenvalue weighted by atomic mass is 9.92. The van der Waals surface area contributed by atoms with Crippen LogP contribution >= 0.6 is 0 Å². The smallest absolute Gasteiger partial charge is 0.119 e. The molecule has 2 heteroatoms. The van der Waals surface area contributed by atoms with Crippen molar-refractivity contribution in [1.82, 2.24) is 5.32 Å². The van der Waals surface area contributed by atoms with E-state index in [-0.39, 0.29) is 5.72 Å². The molecule has 2 rings (SSSR count). The van der Waals surface area contributed by atoms with Gasteiger partial charge in [0, 0.05) is 6.04 Å². The SMILES string of the molecule is CCC1COC2(CCCCC2)N1. The molecule has 0 aromatic carbocycles. The molecule has 1 saturated carbocycles. The van der Waals surface area contributed by atoms with E-state index >= 15 is 0 Å². The predicted octanol–water partition coefficient (Wildman–Crippen LogP) is 2.05. The summed E-state index contributed by atoms with van der Waals surface area (Å²) in [5.41, 5.74) is 0.0962. The third-order valence-electron chi connectivity index (χ3n) is 3.18. The first kappa shape index (κ1) is 8.52. The van der Waals surface area contributed by atoms with E-state index in [0.717, 1.165) is 6.61 Å². The largest absolute Gasteiger partial charge is 0.359 e. The molecule has 0 amide bonds. The van der Waals surface area contributed by atoms with Crippen LogP contribution in [0.4, 0.5) is 0 Å². The van der Waals surface area contributed by atoms with Gasteiger partial charge in [0.05, 0.1) is 6.61 Å². The maximum Gasteiger partial charge on any atom is 0.119 e. The summed E-state index contributed by atoms with van der Waals surface area (Å²) >= 11 is 0. The number of hydrogen-bond donors (Lipinski definition) is 1. The molecule has 1 saturated heterocycles. The highest BCUT2D eigenvalue weighted by atomic mass is 16.5. The Morgan fingerprint density at radius 2 is 2.08 bits per heavy atom. The Morgan fingerprint density at radius 3 is 2.67 bits per heavy atom. The van der Waals surface area contributed by atoms with Crippen molar-refractivity contribution in [1.29, 1.82) is 0 Å². The van der Waals surface area contributed by atoms with Gasteiger partial charge in [-0.3, -0.25) is 5.32 Å². The zero-order valence-corrected chi connectivity index (χ0v) is 7.94. The third kappa shape index (κ3) is 1.50. The standard InChI is InChI=1S/C10H19NO/c1-2-9-8-12-10(11-9)6-4-3-5-7-10/h9,11H,2-8H2,1H3. The predicted molar refractivity (Wildman–Crippen MR) is 49.0 cm³/mol. The molecule has 0 aromatic rings. The molecule has 1 aliphatic heterocycles. The Morgan fingerprint density at radius 1 is 1.33 bits per heavy atom. The van der Waals surface area contributed by atoms with Crippen molar-refractivity contribution in [2.45, 2.75) is 57.2 Å². The van der Waals surface area contributed by atoms with E-state index in [4.69, 9.17) is 4.74 Å². The molecule has 1 atom stereocenters. The van der Waals surface area contributed by atoms with Gasteiger partial charge >= 0.3 is 0 Å². The van der Waals surface area contributed by atoms with Gasteiger partial charge in [-0.1, -0.05) is 13.3 Å². The highest BCUT2D eigenvalue weighted by Crippen LogP contribution is 2.33. The highest BCUT2D eigenvalue weighted by molar-refractivity contribution is 4.90. The van der Waals surface area contributed by atoms with E-state index in [9.17, 15) is 0 Å². The van der Waals surface area contributed by atoms with Gasteiger partial charge in [-0.15, -0.1) is 0 Å². The van der Waals surface area contributed by atoms with E-state index in [1.165, 1.54) is 38.5 Å². The fraction of sp³-hybridized carbons (Fsp3) is 1.00. The number of rotatable bonds is 1. The van der Waals surface area contributed by atoms with E-state index in [0.29, 0.717) is 6.04 Å². The van der Waals surface area contributed by atoms with E-state index in [2.05, 4.69) is 12.2 Å². The zero-order valence-electron chi connectivity index (χ0n) is 7.94. The van der Waals surface area contributed by atoms with Crippen LogP contribution in [-0.4, -0.2) is 18.4 Å². The highest BCUT2D eigenvalue weighted by Gasteiger charge is 2.39. The molecule has 1 N–H and O–H groups in total. The molecule has 2 fully saturated rings. The second-order valence-corrected chi connectivity index (χ2v) is 4.12. The summed E-state index contributed by atoms with van der Waals surface area (Å²) in [5.74, 6) is 0. The van der Waals surface area contributed by atoms with Crippen LogP contribution < -0.4 is 5.32 Å². The summed E-state index contributed by atoms with van der Waals surface area (Å²) in [7, 11) is 0. The Bertz CT molecular complexity index is 152. The first-order valence-corrected chi connectivity index (χ1v) is 5.26. The molecule has 1 aliphatic carbocycles. The van der Waals surface area contributed by atoms with E-state index < -0.39 is 0 Å². The van der Waals surface area contributed by atoms with Gasteiger partial charge < -0.3 is 4.74 Å². The second kappa shape index (κ2) is 3.35. The van der Waals surface area contributed by atoms with Crippen molar-refractivity contribution >= 4 is 0 Å². The average molecular weight is 169 g/mol. The van der Waals surface area contributed by atoms with Gasteiger partial charge in [-0.2, -0.15) is 0 Å². The molecular weight excluding hydrogens is 150 g/mol. The molecule has 1 spiro atoms.